The lowest BCUT2D eigenvalue weighted by atomic mass is 10.1. The zero-order chi connectivity index (χ0) is 18.7. The molecule has 0 atom stereocenters. The molecule has 0 aliphatic carbocycles. The van der Waals surface area contributed by atoms with Gasteiger partial charge in [-0.15, -0.1) is 0 Å². The zero-order valence-corrected chi connectivity index (χ0v) is 15.7. The highest BCUT2D eigenvalue weighted by molar-refractivity contribution is 5.93. The van der Waals surface area contributed by atoms with Crippen molar-refractivity contribution in [1.29, 1.82) is 0 Å². The number of hydrogen-bond acceptors (Lipinski definition) is 3. The third-order valence-electron chi connectivity index (χ3n) is 4.92. The standard InChI is InChI=1S/C21H26FN3O/c1-15-4-5-17(3)20(12-15)25-10-8-24(9-11-25)14-21(26)23-19-13-18(22)7-6-16(19)2/h4-7,12-13H,8-11,14H2,1-3H3,(H,23,26). The van der Waals surface area contributed by atoms with Crippen molar-refractivity contribution in [3.63, 3.8) is 0 Å². The minimum atomic E-state index is -0.340. The van der Waals surface area contributed by atoms with Crippen LogP contribution >= 0.6 is 0 Å². The number of benzene rings is 2. The van der Waals surface area contributed by atoms with Crippen LogP contribution < -0.4 is 10.2 Å². The maximum Gasteiger partial charge on any atom is 0.238 e. The minimum absolute atomic E-state index is 0.0983. The first kappa shape index (κ1) is 18.4. The molecule has 1 aliphatic rings. The Morgan fingerprint density at radius 3 is 2.42 bits per heavy atom. The summed E-state index contributed by atoms with van der Waals surface area (Å²) in [6, 6.07) is 11.0. The van der Waals surface area contributed by atoms with Gasteiger partial charge < -0.3 is 10.2 Å². The molecule has 1 fully saturated rings. The Bertz CT molecular complexity index is 798. The lowest BCUT2D eigenvalue weighted by Gasteiger charge is -2.36. The van der Waals surface area contributed by atoms with Crippen LogP contribution in [0.4, 0.5) is 15.8 Å². The number of nitrogens with zero attached hydrogens (tertiary/aromatic N) is 2. The quantitative estimate of drug-likeness (QED) is 0.912. The van der Waals surface area contributed by atoms with E-state index in [0.29, 0.717) is 12.2 Å². The van der Waals surface area contributed by atoms with E-state index in [1.807, 2.05) is 6.92 Å². The first-order valence-corrected chi connectivity index (χ1v) is 9.03. The molecule has 138 valence electrons. The van der Waals surface area contributed by atoms with Crippen LogP contribution in [0.3, 0.4) is 0 Å². The van der Waals surface area contributed by atoms with Gasteiger partial charge in [-0.05, 0) is 55.7 Å². The minimum Gasteiger partial charge on any atom is -0.369 e. The summed E-state index contributed by atoms with van der Waals surface area (Å²) < 4.78 is 13.4. The molecule has 0 saturated carbocycles. The van der Waals surface area contributed by atoms with Crippen molar-refractivity contribution in [3.8, 4) is 0 Å². The topological polar surface area (TPSA) is 35.6 Å². The Hall–Kier alpha value is -2.40. The smallest absolute Gasteiger partial charge is 0.238 e. The number of piperazine rings is 1. The van der Waals surface area contributed by atoms with Crippen LogP contribution in [0.2, 0.25) is 0 Å². The number of hydrogen-bond donors (Lipinski definition) is 1. The summed E-state index contributed by atoms with van der Waals surface area (Å²) in [4.78, 5) is 16.8. The molecule has 1 amide bonds. The van der Waals surface area contributed by atoms with Crippen LogP contribution in [-0.2, 0) is 4.79 Å². The van der Waals surface area contributed by atoms with Gasteiger partial charge in [0, 0.05) is 37.6 Å². The lowest BCUT2D eigenvalue weighted by Crippen LogP contribution is -2.48. The Morgan fingerprint density at radius 1 is 1.00 bits per heavy atom. The molecule has 1 heterocycles. The Morgan fingerprint density at radius 2 is 1.69 bits per heavy atom. The summed E-state index contributed by atoms with van der Waals surface area (Å²) in [5.74, 6) is -0.438. The fourth-order valence-electron chi connectivity index (χ4n) is 3.33. The van der Waals surface area contributed by atoms with Crippen molar-refractivity contribution in [1.82, 2.24) is 4.90 Å². The molecule has 2 aromatic rings. The van der Waals surface area contributed by atoms with Crippen LogP contribution in [0.5, 0.6) is 0 Å². The molecule has 3 rings (SSSR count). The van der Waals surface area contributed by atoms with Crippen LogP contribution in [0, 0.1) is 26.6 Å². The molecule has 0 radical (unpaired) electrons. The second kappa shape index (κ2) is 7.87. The van der Waals surface area contributed by atoms with Crippen LogP contribution in [0.15, 0.2) is 36.4 Å². The zero-order valence-electron chi connectivity index (χ0n) is 15.7. The number of anilines is 2. The first-order valence-electron chi connectivity index (χ1n) is 9.03. The van der Waals surface area contributed by atoms with Crippen molar-refractivity contribution in [3.05, 3.63) is 58.9 Å². The van der Waals surface area contributed by atoms with E-state index in [0.717, 1.165) is 31.7 Å². The third kappa shape index (κ3) is 4.41. The molecule has 5 heteroatoms. The Kier molecular flexibility index (Phi) is 5.57. The molecular weight excluding hydrogens is 329 g/mol. The van der Waals surface area contributed by atoms with E-state index < -0.39 is 0 Å². The molecule has 0 bridgehead atoms. The molecule has 1 saturated heterocycles. The van der Waals surface area contributed by atoms with E-state index in [2.05, 4.69) is 47.2 Å². The summed E-state index contributed by atoms with van der Waals surface area (Å²) in [6.07, 6.45) is 0. The van der Waals surface area contributed by atoms with Crippen molar-refractivity contribution < 1.29 is 9.18 Å². The monoisotopic (exact) mass is 355 g/mol. The molecule has 2 aromatic carbocycles. The van der Waals surface area contributed by atoms with E-state index in [4.69, 9.17) is 0 Å². The normalized spacial score (nSPS) is 15.2. The fourth-order valence-corrected chi connectivity index (χ4v) is 3.33. The summed E-state index contributed by atoms with van der Waals surface area (Å²) in [6.45, 7) is 9.90. The van der Waals surface area contributed by atoms with Crippen LogP contribution in [0.1, 0.15) is 16.7 Å². The summed E-state index contributed by atoms with van der Waals surface area (Å²) in [5, 5.41) is 2.82. The predicted molar refractivity (Wildman–Crippen MR) is 104 cm³/mol. The molecule has 0 spiro atoms. The lowest BCUT2D eigenvalue weighted by molar-refractivity contribution is -0.117. The van der Waals surface area contributed by atoms with Gasteiger partial charge in [0.2, 0.25) is 5.91 Å². The van der Waals surface area contributed by atoms with Gasteiger partial charge >= 0.3 is 0 Å². The highest BCUT2D eigenvalue weighted by Crippen LogP contribution is 2.23. The van der Waals surface area contributed by atoms with Gasteiger partial charge in [0.15, 0.2) is 0 Å². The molecule has 26 heavy (non-hydrogen) atoms. The van der Waals surface area contributed by atoms with E-state index in [1.165, 1.54) is 28.9 Å². The van der Waals surface area contributed by atoms with Crippen LogP contribution in [0.25, 0.3) is 0 Å². The molecule has 1 N–H and O–H groups in total. The summed E-state index contributed by atoms with van der Waals surface area (Å²) in [7, 11) is 0. The van der Waals surface area contributed by atoms with Gasteiger partial charge in [-0.25, -0.2) is 4.39 Å². The third-order valence-corrected chi connectivity index (χ3v) is 4.92. The number of nitrogens with one attached hydrogen (secondary N) is 1. The number of amides is 1. The molecule has 0 unspecified atom stereocenters. The van der Waals surface area contributed by atoms with Gasteiger partial charge in [0.1, 0.15) is 5.82 Å². The average Bonchev–Trinajstić information content (AvgIpc) is 2.61. The number of carbonyl (C=O) groups excluding carboxylic acids is 1. The molecule has 0 aromatic heterocycles. The Balaban J connectivity index is 1.54. The fraction of sp³-hybridized carbons (Fsp3) is 0.381. The highest BCUT2D eigenvalue weighted by atomic mass is 19.1. The van der Waals surface area contributed by atoms with E-state index in [-0.39, 0.29) is 11.7 Å². The van der Waals surface area contributed by atoms with Crippen molar-refractivity contribution >= 4 is 17.3 Å². The first-order chi connectivity index (χ1) is 12.4. The van der Waals surface area contributed by atoms with Crippen LogP contribution in [-0.4, -0.2) is 43.5 Å². The van der Waals surface area contributed by atoms with Gasteiger partial charge in [-0.2, -0.15) is 0 Å². The predicted octanol–water partition coefficient (Wildman–Crippen LogP) is 3.51. The maximum atomic E-state index is 13.4. The maximum absolute atomic E-state index is 13.4. The number of rotatable bonds is 4. The largest absolute Gasteiger partial charge is 0.369 e. The highest BCUT2D eigenvalue weighted by Gasteiger charge is 2.20. The van der Waals surface area contributed by atoms with Crippen molar-refractivity contribution in [2.24, 2.45) is 0 Å². The number of aryl methyl sites for hydroxylation is 3. The second-order valence-corrected chi connectivity index (χ2v) is 7.06. The van der Waals surface area contributed by atoms with E-state index in [9.17, 15) is 9.18 Å². The molecule has 4 nitrogen and oxygen atoms in total. The molecular formula is C21H26FN3O. The molecule has 1 aliphatic heterocycles. The van der Waals surface area contributed by atoms with Gasteiger partial charge in [-0.3, -0.25) is 9.69 Å². The summed E-state index contributed by atoms with van der Waals surface area (Å²) in [5.41, 5.74) is 5.23. The van der Waals surface area contributed by atoms with E-state index in [1.54, 1.807) is 6.07 Å². The SMILES string of the molecule is Cc1ccc(C)c(N2CCN(CC(=O)Nc3cc(F)ccc3C)CC2)c1. The number of carbonyl (C=O) groups is 1. The number of halogens is 1. The van der Waals surface area contributed by atoms with Gasteiger partial charge in [0.25, 0.3) is 0 Å². The van der Waals surface area contributed by atoms with Gasteiger partial charge in [-0.1, -0.05) is 18.2 Å². The summed E-state index contributed by atoms with van der Waals surface area (Å²) >= 11 is 0. The Labute approximate surface area is 154 Å². The van der Waals surface area contributed by atoms with Gasteiger partial charge in [0.05, 0.1) is 6.54 Å². The van der Waals surface area contributed by atoms with Crippen molar-refractivity contribution in [2.75, 3.05) is 42.9 Å². The van der Waals surface area contributed by atoms with Crippen molar-refractivity contribution in [2.45, 2.75) is 20.8 Å². The van der Waals surface area contributed by atoms with E-state index >= 15 is 0 Å². The second-order valence-electron chi connectivity index (χ2n) is 7.06. The average molecular weight is 355 g/mol.